The van der Waals surface area contributed by atoms with Crippen molar-refractivity contribution in [1.29, 1.82) is 0 Å². The van der Waals surface area contributed by atoms with Crippen molar-refractivity contribution in [2.75, 3.05) is 42.7 Å². The molecule has 0 heterocycles. The molecular formula is C34H30O10. The zero-order chi connectivity index (χ0) is 32.0. The van der Waals surface area contributed by atoms with Gasteiger partial charge in [0.25, 0.3) is 0 Å². The average Bonchev–Trinajstić information content (AvgIpc) is 3.08. The van der Waals surface area contributed by atoms with Crippen molar-refractivity contribution < 1.29 is 47.6 Å². The Hall–Kier alpha value is -5.64. The van der Waals surface area contributed by atoms with E-state index in [1.165, 1.54) is 79.1 Å². The summed E-state index contributed by atoms with van der Waals surface area (Å²) in [5, 5.41) is 0. The van der Waals surface area contributed by atoms with Gasteiger partial charge in [-0.3, -0.25) is 19.2 Å². The lowest BCUT2D eigenvalue weighted by atomic mass is 9.93. The molecule has 0 aliphatic carbocycles. The molecule has 0 radical (unpaired) electrons. The molecule has 4 aromatic rings. The Morgan fingerprint density at radius 1 is 0.386 bits per heavy atom. The zero-order valence-electron chi connectivity index (χ0n) is 25.0. The highest BCUT2D eigenvalue weighted by molar-refractivity contribution is 6.50. The molecule has 0 saturated heterocycles. The zero-order valence-corrected chi connectivity index (χ0v) is 25.0. The number of carbonyl (C=O) groups excluding carboxylic acids is 4. The second-order valence-electron chi connectivity index (χ2n) is 9.35. The van der Waals surface area contributed by atoms with Gasteiger partial charge in [-0.2, -0.15) is 0 Å². The first-order valence-corrected chi connectivity index (χ1v) is 13.2. The van der Waals surface area contributed by atoms with Gasteiger partial charge in [0.05, 0.1) is 53.8 Å². The van der Waals surface area contributed by atoms with Crippen molar-refractivity contribution in [2.45, 2.75) is 0 Å². The summed E-state index contributed by atoms with van der Waals surface area (Å²) in [6.07, 6.45) is 0. The number of benzene rings is 4. The monoisotopic (exact) mass is 598 g/mol. The third-order valence-electron chi connectivity index (χ3n) is 6.86. The number of rotatable bonds is 13. The summed E-state index contributed by atoms with van der Waals surface area (Å²) in [4.78, 5) is 53.6. The fraction of sp³-hybridized carbons (Fsp3) is 0.176. The number of ether oxygens (including phenoxy) is 6. The highest BCUT2D eigenvalue weighted by Gasteiger charge is 2.26. The van der Waals surface area contributed by atoms with E-state index in [4.69, 9.17) is 28.4 Å². The van der Waals surface area contributed by atoms with Gasteiger partial charge >= 0.3 is 0 Å². The molecule has 226 valence electrons. The van der Waals surface area contributed by atoms with Crippen molar-refractivity contribution >= 4 is 23.1 Å². The molecule has 4 rings (SSSR count). The number of carbonyl (C=O) groups is 4. The standard InChI is InChI=1S/C34H30O10/c1-39-23-11-21(12-24(17-23)40-2)31(35)33(37)27-15-19(7-9-29(27)43-5)20-8-10-30(44-6)28(16-20)34(38)32(36)22-13-25(41-3)18-26(14-22)42-4/h7-18H,1-6H3. The molecule has 0 aromatic heterocycles. The molecule has 44 heavy (non-hydrogen) atoms. The Labute approximate surface area is 254 Å². The number of ketones is 4. The number of hydrogen-bond donors (Lipinski definition) is 0. The fourth-order valence-electron chi connectivity index (χ4n) is 4.51. The van der Waals surface area contributed by atoms with Crippen molar-refractivity contribution in [3.05, 3.63) is 95.1 Å². The minimum absolute atomic E-state index is 0.0000309. The minimum Gasteiger partial charge on any atom is -0.497 e. The summed E-state index contributed by atoms with van der Waals surface area (Å²) >= 11 is 0. The molecule has 0 spiro atoms. The Balaban J connectivity index is 1.74. The maximum atomic E-state index is 13.5. The number of methoxy groups -OCH3 is 6. The van der Waals surface area contributed by atoms with Crippen LogP contribution in [0.15, 0.2) is 72.8 Å². The van der Waals surface area contributed by atoms with Crippen LogP contribution in [0.4, 0.5) is 0 Å². The van der Waals surface area contributed by atoms with Crippen LogP contribution < -0.4 is 28.4 Å². The predicted molar refractivity (Wildman–Crippen MR) is 161 cm³/mol. The summed E-state index contributed by atoms with van der Waals surface area (Å²) in [7, 11) is 8.51. The average molecular weight is 599 g/mol. The summed E-state index contributed by atoms with van der Waals surface area (Å²) in [5.74, 6) is -1.53. The topological polar surface area (TPSA) is 124 Å². The van der Waals surface area contributed by atoms with E-state index in [9.17, 15) is 19.2 Å². The Morgan fingerprint density at radius 2 is 0.705 bits per heavy atom. The lowest BCUT2D eigenvalue weighted by molar-refractivity contribution is 0.0814. The van der Waals surface area contributed by atoms with E-state index in [-0.39, 0.29) is 33.8 Å². The predicted octanol–water partition coefficient (Wildman–Crippen LogP) is 5.54. The van der Waals surface area contributed by atoms with Crippen molar-refractivity contribution in [3.63, 3.8) is 0 Å². The van der Waals surface area contributed by atoms with E-state index in [1.807, 2.05) is 0 Å². The number of hydrogen-bond acceptors (Lipinski definition) is 10. The molecular weight excluding hydrogens is 568 g/mol. The van der Waals surface area contributed by atoms with Crippen LogP contribution in [0.25, 0.3) is 11.1 Å². The van der Waals surface area contributed by atoms with Crippen LogP contribution in [-0.2, 0) is 0 Å². The van der Waals surface area contributed by atoms with Crippen molar-refractivity contribution in [1.82, 2.24) is 0 Å². The highest BCUT2D eigenvalue weighted by Crippen LogP contribution is 2.33. The maximum absolute atomic E-state index is 13.5. The van der Waals surface area contributed by atoms with Gasteiger partial charge in [-0.05, 0) is 59.7 Å². The molecule has 0 saturated carbocycles. The SMILES string of the molecule is COc1cc(OC)cc(C(=O)C(=O)c2cc(-c3ccc(OC)c(C(=O)C(=O)c4cc(OC)cc(OC)c4)c3)ccc2OC)c1. The van der Waals surface area contributed by atoms with Crippen LogP contribution in [0.1, 0.15) is 41.4 Å². The van der Waals surface area contributed by atoms with Gasteiger partial charge < -0.3 is 28.4 Å². The molecule has 0 N–H and O–H groups in total. The largest absolute Gasteiger partial charge is 0.497 e. The quantitative estimate of drug-likeness (QED) is 0.143. The van der Waals surface area contributed by atoms with E-state index in [1.54, 1.807) is 36.4 Å². The van der Waals surface area contributed by atoms with E-state index in [0.29, 0.717) is 34.1 Å². The van der Waals surface area contributed by atoms with Crippen LogP contribution in [0.3, 0.4) is 0 Å². The fourth-order valence-corrected chi connectivity index (χ4v) is 4.51. The first-order valence-electron chi connectivity index (χ1n) is 13.2. The molecule has 0 atom stereocenters. The van der Waals surface area contributed by atoms with Gasteiger partial charge in [-0.1, -0.05) is 12.1 Å². The van der Waals surface area contributed by atoms with Gasteiger partial charge in [-0.15, -0.1) is 0 Å². The summed E-state index contributed by atoms with van der Waals surface area (Å²) in [6, 6.07) is 18.3. The summed E-state index contributed by atoms with van der Waals surface area (Å²) < 4.78 is 31.7. The smallest absolute Gasteiger partial charge is 0.237 e. The Morgan fingerprint density at radius 3 is 0.977 bits per heavy atom. The van der Waals surface area contributed by atoms with Crippen LogP contribution in [0.2, 0.25) is 0 Å². The van der Waals surface area contributed by atoms with Gasteiger partial charge in [0.15, 0.2) is 0 Å². The molecule has 0 unspecified atom stereocenters. The van der Waals surface area contributed by atoms with Gasteiger partial charge in [0, 0.05) is 23.3 Å². The lowest BCUT2D eigenvalue weighted by Gasteiger charge is -2.13. The molecule has 10 nitrogen and oxygen atoms in total. The normalized spacial score (nSPS) is 10.4. The first kappa shape index (κ1) is 31.3. The minimum atomic E-state index is -0.828. The second-order valence-corrected chi connectivity index (χ2v) is 9.35. The van der Waals surface area contributed by atoms with E-state index < -0.39 is 23.1 Å². The Bertz CT molecular complexity index is 1580. The van der Waals surface area contributed by atoms with Crippen molar-refractivity contribution in [3.8, 4) is 45.6 Å². The van der Waals surface area contributed by atoms with E-state index in [0.717, 1.165) is 0 Å². The third-order valence-corrected chi connectivity index (χ3v) is 6.86. The molecule has 0 amide bonds. The number of Topliss-reactive ketones (excluding diaryl/α,β-unsaturated/α-hetero) is 4. The van der Waals surface area contributed by atoms with Gasteiger partial charge in [0.1, 0.15) is 34.5 Å². The van der Waals surface area contributed by atoms with Crippen LogP contribution in [-0.4, -0.2) is 65.8 Å². The van der Waals surface area contributed by atoms with Crippen LogP contribution in [0.5, 0.6) is 34.5 Å². The summed E-state index contributed by atoms with van der Waals surface area (Å²) in [6.45, 7) is 0. The Kier molecular flexibility index (Phi) is 9.64. The molecule has 0 bridgehead atoms. The molecule has 0 fully saturated rings. The molecule has 0 aliphatic rings. The van der Waals surface area contributed by atoms with Gasteiger partial charge in [-0.25, -0.2) is 0 Å². The molecule has 10 heteroatoms. The van der Waals surface area contributed by atoms with E-state index >= 15 is 0 Å². The molecule has 0 aliphatic heterocycles. The second kappa shape index (κ2) is 13.6. The third kappa shape index (κ3) is 6.39. The van der Waals surface area contributed by atoms with Crippen molar-refractivity contribution in [2.24, 2.45) is 0 Å². The lowest BCUT2D eigenvalue weighted by Crippen LogP contribution is -2.16. The highest BCUT2D eigenvalue weighted by atomic mass is 16.5. The van der Waals surface area contributed by atoms with Gasteiger partial charge in [0.2, 0.25) is 23.1 Å². The maximum Gasteiger partial charge on any atom is 0.237 e. The van der Waals surface area contributed by atoms with Crippen LogP contribution in [0, 0.1) is 0 Å². The molecule has 4 aromatic carbocycles. The van der Waals surface area contributed by atoms with Crippen LogP contribution >= 0.6 is 0 Å². The van der Waals surface area contributed by atoms with E-state index in [2.05, 4.69) is 0 Å². The first-order chi connectivity index (χ1) is 21.2. The summed E-state index contributed by atoms with van der Waals surface area (Å²) in [5.41, 5.74) is 1.11.